The van der Waals surface area contributed by atoms with Crippen LogP contribution >= 0.6 is 34.7 Å². The fourth-order valence-corrected chi connectivity index (χ4v) is 4.64. The minimum Gasteiger partial charge on any atom is -0.461 e. The van der Waals surface area contributed by atoms with E-state index >= 15 is 0 Å². The number of hydrogen-bond acceptors (Lipinski definition) is 7. The number of amides is 1. The van der Waals surface area contributed by atoms with Crippen LogP contribution in [0.4, 0.5) is 0 Å². The largest absolute Gasteiger partial charge is 0.461 e. The number of nitrogens with zero attached hydrogens (tertiary/aromatic N) is 4. The second-order valence-electron chi connectivity index (χ2n) is 6.27. The molecule has 1 aromatic carbocycles. The standard InChI is InChI=1S/C20H18ClN5O2S2/c1-2-8-22-19(27)15-11-29-17(23-15)12-30-20-25-24-18(16-7-4-9-28-16)26(20)14-6-3-5-13(21)10-14/h3-7,9-11H,2,8,12H2,1H3,(H,22,27). The molecule has 0 saturated carbocycles. The van der Waals surface area contributed by atoms with E-state index in [1.807, 2.05) is 41.8 Å². The van der Waals surface area contributed by atoms with Crippen molar-refractivity contribution in [3.63, 3.8) is 0 Å². The van der Waals surface area contributed by atoms with Crippen LogP contribution in [0.1, 0.15) is 28.8 Å². The lowest BCUT2D eigenvalue weighted by Crippen LogP contribution is -2.24. The van der Waals surface area contributed by atoms with Crippen molar-refractivity contribution in [1.29, 1.82) is 0 Å². The SMILES string of the molecule is CCCNC(=O)c1csc(CSc2nnc(-c3ccco3)n2-c2cccc(Cl)c2)n1. The summed E-state index contributed by atoms with van der Waals surface area (Å²) in [5, 5.41) is 15.4. The Hall–Kier alpha value is -2.62. The Morgan fingerprint density at radius 2 is 2.20 bits per heavy atom. The Kier molecular flexibility index (Phi) is 6.51. The van der Waals surface area contributed by atoms with Crippen LogP contribution in [0.3, 0.4) is 0 Å². The first-order valence-electron chi connectivity index (χ1n) is 9.26. The highest BCUT2D eigenvalue weighted by Crippen LogP contribution is 2.31. The third-order valence-electron chi connectivity index (χ3n) is 4.09. The van der Waals surface area contributed by atoms with Gasteiger partial charge in [-0.05, 0) is 36.8 Å². The van der Waals surface area contributed by atoms with Gasteiger partial charge in [0.05, 0.1) is 17.7 Å². The summed E-state index contributed by atoms with van der Waals surface area (Å²) < 4.78 is 7.43. The van der Waals surface area contributed by atoms with Crippen LogP contribution in [0.2, 0.25) is 5.02 Å². The Balaban J connectivity index is 1.58. The van der Waals surface area contributed by atoms with E-state index in [-0.39, 0.29) is 5.91 Å². The van der Waals surface area contributed by atoms with E-state index < -0.39 is 0 Å². The van der Waals surface area contributed by atoms with Crippen molar-refractivity contribution in [3.05, 3.63) is 63.8 Å². The van der Waals surface area contributed by atoms with Crippen LogP contribution in [0.25, 0.3) is 17.3 Å². The molecule has 0 bridgehead atoms. The van der Waals surface area contributed by atoms with E-state index in [2.05, 4.69) is 20.5 Å². The molecule has 0 radical (unpaired) electrons. The van der Waals surface area contributed by atoms with E-state index in [4.69, 9.17) is 16.0 Å². The minimum atomic E-state index is -0.147. The number of carbonyl (C=O) groups is 1. The summed E-state index contributed by atoms with van der Waals surface area (Å²) in [4.78, 5) is 16.5. The Labute approximate surface area is 186 Å². The normalized spacial score (nSPS) is 11.0. The molecule has 0 spiro atoms. The van der Waals surface area contributed by atoms with Crippen LogP contribution in [0, 0.1) is 0 Å². The molecule has 0 aliphatic carbocycles. The fraction of sp³-hybridized carbons (Fsp3) is 0.200. The number of furan rings is 1. The molecule has 0 aliphatic rings. The second-order valence-corrected chi connectivity index (χ2v) is 8.59. The minimum absolute atomic E-state index is 0.147. The van der Waals surface area contributed by atoms with Crippen LogP contribution in [-0.4, -0.2) is 32.2 Å². The Morgan fingerprint density at radius 3 is 2.97 bits per heavy atom. The second kappa shape index (κ2) is 9.46. The van der Waals surface area contributed by atoms with E-state index in [1.54, 1.807) is 17.7 Å². The van der Waals surface area contributed by atoms with Gasteiger partial charge in [-0.3, -0.25) is 9.36 Å². The van der Waals surface area contributed by atoms with Gasteiger partial charge in [0.25, 0.3) is 5.91 Å². The van der Waals surface area contributed by atoms with Crippen molar-refractivity contribution >= 4 is 40.6 Å². The highest BCUT2D eigenvalue weighted by molar-refractivity contribution is 7.98. The Morgan fingerprint density at radius 1 is 1.30 bits per heavy atom. The van der Waals surface area contributed by atoms with Gasteiger partial charge in [-0.1, -0.05) is 36.4 Å². The van der Waals surface area contributed by atoms with Gasteiger partial charge in [0.2, 0.25) is 5.82 Å². The number of carbonyl (C=O) groups excluding carboxylic acids is 1. The van der Waals surface area contributed by atoms with Gasteiger partial charge < -0.3 is 9.73 Å². The lowest BCUT2D eigenvalue weighted by Gasteiger charge is -2.09. The first-order chi connectivity index (χ1) is 14.7. The van der Waals surface area contributed by atoms with Crippen LogP contribution < -0.4 is 5.32 Å². The van der Waals surface area contributed by atoms with Crippen LogP contribution in [0.5, 0.6) is 0 Å². The molecule has 0 unspecified atom stereocenters. The smallest absolute Gasteiger partial charge is 0.270 e. The lowest BCUT2D eigenvalue weighted by molar-refractivity contribution is 0.0949. The molecule has 4 aromatic rings. The fourth-order valence-electron chi connectivity index (χ4n) is 2.71. The molecule has 3 heterocycles. The first kappa shape index (κ1) is 20.6. The number of rotatable bonds is 8. The van der Waals surface area contributed by atoms with Crippen molar-refractivity contribution in [2.24, 2.45) is 0 Å². The molecule has 3 aromatic heterocycles. The number of nitrogens with one attached hydrogen (secondary N) is 1. The van der Waals surface area contributed by atoms with Crippen molar-refractivity contribution in [2.75, 3.05) is 6.54 Å². The highest BCUT2D eigenvalue weighted by atomic mass is 35.5. The molecule has 1 amide bonds. The maximum Gasteiger partial charge on any atom is 0.270 e. The third kappa shape index (κ3) is 4.58. The summed E-state index contributed by atoms with van der Waals surface area (Å²) in [5.74, 6) is 1.61. The molecule has 0 saturated heterocycles. The molecule has 7 nitrogen and oxygen atoms in total. The molecule has 30 heavy (non-hydrogen) atoms. The van der Waals surface area contributed by atoms with Gasteiger partial charge in [-0.25, -0.2) is 4.98 Å². The molecule has 0 fully saturated rings. The average molecular weight is 460 g/mol. The maximum atomic E-state index is 12.1. The summed E-state index contributed by atoms with van der Waals surface area (Å²) in [7, 11) is 0. The summed E-state index contributed by atoms with van der Waals surface area (Å²) in [5.41, 5.74) is 1.27. The predicted molar refractivity (Wildman–Crippen MR) is 118 cm³/mol. The number of hydrogen-bond donors (Lipinski definition) is 1. The number of aromatic nitrogens is 4. The summed E-state index contributed by atoms with van der Waals surface area (Å²) in [6, 6.07) is 11.1. The zero-order valence-electron chi connectivity index (χ0n) is 16.0. The van der Waals surface area contributed by atoms with E-state index in [1.165, 1.54) is 23.1 Å². The van der Waals surface area contributed by atoms with E-state index in [0.29, 0.717) is 39.8 Å². The summed E-state index contributed by atoms with van der Waals surface area (Å²) in [6.07, 6.45) is 2.48. The summed E-state index contributed by atoms with van der Waals surface area (Å²) >= 11 is 9.13. The first-order valence-corrected chi connectivity index (χ1v) is 11.5. The van der Waals surface area contributed by atoms with Gasteiger partial charge in [0.1, 0.15) is 10.7 Å². The molecule has 154 valence electrons. The molecular formula is C20H18ClN5O2S2. The zero-order chi connectivity index (χ0) is 20.9. The maximum absolute atomic E-state index is 12.1. The van der Waals surface area contributed by atoms with E-state index in [0.717, 1.165) is 17.1 Å². The van der Waals surface area contributed by atoms with Gasteiger partial charge in [-0.2, -0.15) is 0 Å². The Bertz CT molecular complexity index is 1140. The van der Waals surface area contributed by atoms with Crippen molar-refractivity contribution < 1.29 is 9.21 Å². The molecule has 1 N–H and O–H groups in total. The van der Waals surface area contributed by atoms with Gasteiger partial charge in [-0.15, -0.1) is 21.5 Å². The summed E-state index contributed by atoms with van der Waals surface area (Å²) in [6.45, 7) is 2.65. The third-order valence-corrected chi connectivity index (χ3v) is 6.29. The molecule has 0 aliphatic heterocycles. The number of benzene rings is 1. The van der Waals surface area contributed by atoms with Crippen molar-refractivity contribution in [3.8, 4) is 17.3 Å². The van der Waals surface area contributed by atoms with E-state index in [9.17, 15) is 4.79 Å². The van der Waals surface area contributed by atoms with Crippen molar-refractivity contribution in [1.82, 2.24) is 25.1 Å². The molecule has 0 atom stereocenters. The number of thiazole rings is 1. The van der Waals surface area contributed by atoms with Crippen LogP contribution in [-0.2, 0) is 5.75 Å². The topological polar surface area (TPSA) is 85.8 Å². The van der Waals surface area contributed by atoms with Gasteiger partial charge in [0, 0.05) is 16.9 Å². The average Bonchev–Trinajstić information content (AvgIpc) is 3.50. The van der Waals surface area contributed by atoms with Gasteiger partial charge in [0.15, 0.2) is 10.9 Å². The molecule has 10 heteroatoms. The zero-order valence-corrected chi connectivity index (χ0v) is 18.4. The van der Waals surface area contributed by atoms with Gasteiger partial charge >= 0.3 is 0 Å². The van der Waals surface area contributed by atoms with Crippen LogP contribution in [0.15, 0.2) is 57.6 Å². The number of halogens is 1. The molecule has 4 rings (SSSR count). The lowest BCUT2D eigenvalue weighted by atomic mass is 10.3. The predicted octanol–water partition coefficient (Wildman–Crippen LogP) is 5.07. The number of thioether (sulfide) groups is 1. The quantitative estimate of drug-likeness (QED) is 0.370. The monoisotopic (exact) mass is 459 g/mol. The molecular weight excluding hydrogens is 442 g/mol. The van der Waals surface area contributed by atoms with Crippen molar-refractivity contribution in [2.45, 2.75) is 24.3 Å². The highest BCUT2D eigenvalue weighted by Gasteiger charge is 2.19.